The molecule has 0 aliphatic heterocycles. The number of hydrogen-bond acceptors (Lipinski definition) is 3. The molecule has 15 heavy (non-hydrogen) atoms. The van der Waals surface area contributed by atoms with Crippen LogP contribution < -0.4 is 5.32 Å². The first-order valence-corrected chi connectivity index (χ1v) is 4.49. The molecule has 0 bridgehead atoms. The molecule has 0 spiro atoms. The number of nitrogens with one attached hydrogen (secondary N) is 1. The van der Waals surface area contributed by atoms with Gasteiger partial charge in [-0.3, -0.25) is 4.79 Å². The van der Waals surface area contributed by atoms with Crippen LogP contribution in [-0.2, 0) is 4.79 Å². The van der Waals surface area contributed by atoms with Gasteiger partial charge in [0, 0.05) is 17.0 Å². The van der Waals surface area contributed by atoms with Crippen molar-refractivity contribution in [3.63, 3.8) is 0 Å². The van der Waals surface area contributed by atoms with Crippen molar-refractivity contribution in [3.8, 4) is 0 Å². The van der Waals surface area contributed by atoms with Crippen LogP contribution in [0.1, 0.15) is 19.9 Å². The van der Waals surface area contributed by atoms with Gasteiger partial charge >= 0.3 is 0 Å². The Labute approximate surface area is 86.7 Å². The van der Waals surface area contributed by atoms with Crippen molar-refractivity contribution < 1.29 is 4.79 Å². The standard InChI is InChI=1S/C8H12N6O/c1-6(2)14-7(3-4-11-14)12-8(15)5-10-13-9/h3-4,6H,5H2,1-2H3,(H,12,15). The molecule has 0 radical (unpaired) electrons. The molecule has 1 heterocycles. The Hall–Kier alpha value is -2.01. The molecule has 0 fully saturated rings. The zero-order chi connectivity index (χ0) is 11.3. The van der Waals surface area contributed by atoms with Gasteiger partial charge in [0.05, 0.1) is 6.20 Å². The van der Waals surface area contributed by atoms with Crippen molar-refractivity contribution in [2.75, 3.05) is 11.9 Å². The highest BCUT2D eigenvalue weighted by Gasteiger charge is 2.08. The lowest BCUT2D eigenvalue weighted by molar-refractivity contribution is -0.114. The molecular formula is C8H12N6O. The number of nitrogens with zero attached hydrogens (tertiary/aromatic N) is 5. The van der Waals surface area contributed by atoms with Gasteiger partial charge in [-0.2, -0.15) is 5.10 Å². The molecule has 1 amide bonds. The van der Waals surface area contributed by atoms with Gasteiger partial charge in [-0.25, -0.2) is 4.68 Å². The molecule has 0 aliphatic carbocycles. The van der Waals surface area contributed by atoms with E-state index in [0.717, 1.165) is 0 Å². The SMILES string of the molecule is CC(C)n1nccc1NC(=O)CN=[N+]=[N-]. The fourth-order valence-corrected chi connectivity index (χ4v) is 1.10. The van der Waals surface area contributed by atoms with E-state index in [1.165, 1.54) is 0 Å². The molecule has 0 saturated carbocycles. The summed E-state index contributed by atoms with van der Waals surface area (Å²) in [5.41, 5.74) is 8.04. The Morgan fingerprint density at radius 3 is 3.13 bits per heavy atom. The number of carbonyl (C=O) groups excluding carboxylic acids is 1. The first-order chi connectivity index (χ1) is 7.15. The van der Waals surface area contributed by atoms with Crippen LogP contribution in [0.4, 0.5) is 5.82 Å². The van der Waals surface area contributed by atoms with Crippen LogP contribution in [-0.4, -0.2) is 22.2 Å². The van der Waals surface area contributed by atoms with E-state index in [2.05, 4.69) is 20.4 Å². The topological polar surface area (TPSA) is 95.7 Å². The molecule has 1 aromatic rings. The third kappa shape index (κ3) is 2.99. The number of azide groups is 1. The second-order valence-corrected chi connectivity index (χ2v) is 3.19. The van der Waals surface area contributed by atoms with Crippen molar-refractivity contribution in [2.45, 2.75) is 19.9 Å². The summed E-state index contributed by atoms with van der Waals surface area (Å²) in [5, 5.41) is 9.82. The lowest BCUT2D eigenvalue weighted by atomic mass is 10.4. The van der Waals surface area contributed by atoms with E-state index in [-0.39, 0.29) is 18.5 Å². The average molecular weight is 208 g/mol. The van der Waals surface area contributed by atoms with Crippen molar-refractivity contribution >= 4 is 11.7 Å². The normalized spacial score (nSPS) is 9.80. The molecule has 1 aromatic heterocycles. The van der Waals surface area contributed by atoms with Crippen LogP contribution in [0.5, 0.6) is 0 Å². The summed E-state index contributed by atoms with van der Waals surface area (Å²) in [5.74, 6) is 0.248. The minimum atomic E-state index is -0.352. The van der Waals surface area contributed by atoms with Crippen LogP contribution >= 0.6 is 0 Å². The number of rotatable bonds is 4. The monoisotopic (exact) mass is 208 g/mol. The van der Waals surface area contributed by atoms with E-state index in [0.29, 0.717) is 5.82 Å². The fourth-order valence-electron chi connectivity index (χ4n) is 1.10. The van der Waals surface area contributed by atoms with E-state index in [1.807, 2.05) is 13.8 Å². The molecule has 0 aromatic carbocycles. The number of anilines is 1. The Morgan fingerprint density at radius 2 is 2.53 bits per heavy atom. The number of hydrogen-bond donors (Lipinski definition) is 1. The van der Waals surface area contributed by atoms with Gasteiger partial charge in [0.2, 0.25) is 5.91 Å². The summed E-state index contributed by atoms with van der Waals surface area (Å²) in [6.07, 6.45) is 1.60. The second-order valence-electron chi connectivity index (χ2n) is 3.19. The highest BCUT2D eigenvalue weighted by atomic mass is 16.2. The van der Waals surface area contributed by atoms with Crippen LogP contribution in [0.25, 0.3) is 10.4 Å². The summed E-state index contributed by atoms with van der Waals surface area (Å²) in [6, 6.07) is 1.85. The molecule has 1 N–H and O–H groups in total. The van der Waals surface area contributed by atoms with E-state index in [1.54, 1.807) is 16.9 Å². The van der Waals surface area contributed by atoms with Crippen LogP contribution in [0.15, 0.2) is 17.4 Å². The third-order valence-corrected chi connectivity index (χ3v) is 1.70. The minimum absolute atomic E-state index is 0.162. The highest BCUT2D eigenvalue weighted by Crippen LogP contribution is 2.12. The Morgan fingerprint density at radius 1 is 1.80 bits per heavy atom. The van der Waals surface area contributed by atoms with Crippen LogP contribution in [0.2, 0.25) is 0 Å². The maximum absolute atomic E-state index is 11.2. The summed E-state index contributed by atoms with van der Waals surface area (Å²) in [4.78, 5) is 13.7. The first-order valence-electron chi connectivity index (χ1n) is 4.49. The summed E-state index contributed by atoms with van der Waals surface area (Å²) in [6.45, 7) is 3.70. The number of aromatic nitrogens is 2. The lowest BCUT2D eigenvalue weighted by Gasteiger charge is -2.10. The smallest absolute Gasteiger partial charge is 0.231 e. The number of carbonyl (C=O) groups is 1. The zero-order valence-electron chi connectivity index (χ0n) is 8.58. The fraction of sp³-hybridized carbons (Fsp3) is 0.500. The second kappa shape index (κ2) is 5.02. The molecule has 0 aliphatic rings. The summed E-state index contributed by atoms with van der Waals surface area (Å²) >= 11 is 0. The highest BCUT2D eigenvalue weighted by molar-refractivity contribution is 5.91. The summed E-state index contributed by atoms with van der Waals surface area (Å²) in [7, 11) is 0. The van der Waals surface area contributed by atoms with Gasteiger partial charge in [-0.15, -0.1) is 0 Å². The van der Waals surface area contributed by atoms with Gasteiger partial charge in [-0.05, 0) is 19.4 Å². The van der Waals surface area contributed by atoms with E-state index in [9.17, 15) is 4.79 Å². The lowest BCUT2D eigenvalue weighted by Crippen LogP contribution is -2.18. The Balaban J connectivity index is 2.67. The van der Waals surface area contributed by atoms with E-state index in [4.69, 9.17) is 5.53 Å². The van der Waals surface area contributed by atoms with E-state index >= 15 is 0 Å². The first kappa shape index (κ1) is 11.1. The van der Waals surface area contributed by atoms with Crippen molar-refractivity contribution in [2.24, 2.45) is 5.11 Å². The zero-order valence-corrected chi connectivity index (χ0v) is 8.58. The minimum Gasteiger partial charge on any atom is -0.311 e. The maximum atomic E-state index is 11.2. The predicted molar refractivity (Wildman–Crippen MR) is 55.3 cm³/mol. The van der Waals surface area contributed by atoms with Crippen LogP contribution in [0.3, 0.4) is 0 Å². The molecule has 1 rings (SSSR count). The molecule has 0 unspecified atom stereocenters. The van der Waals surface area contributed by atoms with Gasteiger partial charge in [0.1, 0.15) is 12.4 Å². The third-order valence-electron chi connectivity index (χ3n) is 1.70. The van der Waals surface area contributed by atoms with Crippen molar-refractivity contribution in [1.82, 2.24) is 9.78 Å². The molecule has 0 atom stereocenters. The molecule has 7 nitrogen and oxygen atoms in total. The largest absolute Gasteiger partial charge is 0.311 e. The summed E-state index contributed by atoms with van der Waals surface area (Å²) < 4.78 is 1.67. The molecular weight excluding hydrogens is 196 g/mol. The van der Waals surface area contributed by atoms with Gasteiger partial charge in [0.15, 0.2) is 0 Å². The average Bonchev–Trinajstić information content (AvgIpc) is 2.62. The predicted octanol–water partition coefficient (Wildman–Crippen LogP) is 1.71. The Kier molecular flexibility index (Phi) is 3.70. The molecule has 0 saturated heterocycles. The number of amides is 1. The van der Waals surface area contributed by atoms with Crippen molar-refractivity contribution in [3.05, 3.63) is 22.7 Å². The quantitative estimate of drug-likeness (QED) is 0.463. The van der Waals surface area contributed by atoms with Gasteiger partial charge < -0.3 is 5.32 Å². The molecule has 7 heteroatoms. The maximum Gasteiger partial charge on any atom is 0.231 e. The van der Waals surface area contributed by atoms with E-state index < -0.39 is 0 Å². The Bertz CT molecular complexity index is 390. The molecule has 80 valence electrons. The van der Waals surface area contributed by atoms with Gasteiger partial charge in [-0.1, -0.05) is 5.11 Å². The van der Waals surface area contributed by atoms with Crippen molar-refractivity contribution in [1.29, 1.82) is 0 Å². The van der Waals surface area contributed by atoms with Gasteiger partial charge in [0.25, 0.3) is 0 Å². The van der Waals surface area contributed by atoms with Crippen LogP contribution in [0, 0.1) is 0 Å².